The molecule has 1 aliphatic rings. The van der Waals surface area contributed by atoms with E-state index in [2.05, 4.69) is 39.0 Å². The van der Waals surface area contributed by atoms with Crippen LogP contribution in [0.1, 0.15) is 24.0 Å². The first kappa shape index (κ1) is 16.6. The summed E-state index contributed by atoms with van der Waals surface area (Å²) in [7, 11) is 0. The molecule has 3 nitrogen and oxygen atoms in total. The average molecular weight is 398 g/mol. The van der Waals surface area contributed by atoms with Gasteiger partial charge in [-0.15, -0.1) is 0 Å². The van der Waals surface area contributed by atoms with Gasteiger partial charge in [-0.05, 0) is 48.6 Å². The lowest BCUT2D eigenvalue weighted by molar-refractivity contribution is 0.243. The molecule has 0 atom stereocenters. The summed E-state index contributed by atoms with van der Waals surface area (Å²) in [5, 5.41) is 0.661. The van der Waals surface area contributed by atoms with Gasteiger partial charge >= 0.3 is 0 Å². The number of fused-ring (bicyclic) bond motifs is 1. The second kappa shape index (κ2) is 7.14. The van der Waals surface area contributed by atoms with Crippen molar-refractivity contribution in [3.8, 4) is 0 Å². The van der Waals surface area contributed by atoms with Gasteiger partial charge in [-0.3, -0.25) is 9.69 Å². The van der Waals surface area contributed by atoms with Crippen LogP contribution in [-0.4, -0.2) is 11.4 Å². The summed E-state index contributed by atoms with van der Waals surface area (Å²) >= 11 is 3.54. The van der Waals surface area contributed by atoms with Crippen molar-refractivity contribution in [1.29, 1.82) is 0 Å². The van der Waals surface area contributed by atoms with E-state index in [1.165, 1.54) is 18.4 Å². The Kier molecular flexibility index (Phi) is 4.73. The molecule has 0 bridgehead atoms. The van der Waals surface area contributed by atoms with Crippen LogP contribution in [0.5, 0.6) is 0 Å². The van der Waals surface area contributed by atoms with Gasteiger partial charge in [0, 0.05) is 29.7 Å². The van der Waals surface area contributed by atoms with Crippen molar-refractivity contribution in [2.24, 2.45) is 5.92 Å². The van der Waals surface area contributed by atoms with E-state index >= 15 is 0 Å². The SMILES string of the molecule is O=c1c(CN(Cc2cccc(Br)c2)CC2CC2)coc2ccccc12. The minimum absolute atomic E-state index is 0.0805. The van der Waals surface area contributed by atoms with Crippen molar-refractivity contribution in [2.45, 2.75) is 25.9 Å². The lowest BCUT2D eigenvalue weighted by atomic mass is 10.1. The summed E-state index contributed by atoms with van der Waals surface area (Å²) in [5.74, 6) is 0.764. The molecular weight excluding hydrogens is 378 g/mol. The van der Waals surface area contributed by atoms with E-state index < -0.39 is 0 Å². The molecule has 1 fully saturated rings. The Hall–Kier alpha value is -1.91. The van der Waals surface area contributed by atoms with E-state index in [9.17, 15) is 4.79 Å². The quantitative estimate of drug-likeness (QED) is 0.588. The Labute approximate surface area is 155 Å². The first-order valence-corrected chi connectivity index (χ1v) is 9.44. The van der Waals surface area contributed by atoms with E-state index in [0.717, 1.165) is 29.0 Å². The summed E-state index contributed by atoms with van der Waals surface area (Å²) in [5.41, 5.74) is 2.71. The van der Waals surface area contributed by atoms with Crippen LogP contribution in [0.15, 0.2) is 68.5 Å². The van der Waals surface area contributed by atoms with Gasteiger partial charge in [0.05, 0.1) is 11.6 Å². The fourth-order valence-corrected chi connectivity index (χ4v) is 3.66. The lowest BCUT2D eigenvalue weighted by Crippen LogP contribution is -2.28. The number of benzene rings is 2. The molecule has 3 aromatic rings. The highest BCUT2D eigenvalue weighted by molar-refractivity contribution is 9.10. The fraction of sp³-hybridized carbons (Fsp3) is 0.286. The number of para-hydroxylation sites is 1. The molecule has 4 rings (SSSR count). The van der Waals surface area contributed by atoms with Crippen LogP contribution in [0, 0.1) is 5.92 Å². The molecule has 1 saturated carbocycles. The van der Waals surface area contributed by atoms with Crippen molar-refractivity contribution in [2.75, 3.05) is 6.54 Å². The minimum atomic E-state index is 0.0805. The van der Waals surface area contributed by atoms with E-state index in [-0.39, 0.29) is 5.43 Å². The molecule has 1 aliphatic carbocycles. The van der Waals surface area contributed by atoms with Crippen molar-refractivity contribution >= 4 is 26.9 Å². The molecule has 1 aromatic heterocycles. The second-order valence-corrected chi connectivity index (χ2v) is 7.74. The summed E-state index contributed by atoms with van der Waals surface area (Å²) in [4.78, 5) is 15.1. The fourth-order valence-electron chi connectivity index (χ4n) is 3.21. The van der Waals surface area contributed by atoms with Crippen LogP contribution in [0.25, 0.3) is 11.0 Å². The number of rotatable bonds is 6. The van der Waals surface area contributed by atoms with Crippen LogP contribution >= 0.6 is 15.9 Å². The Bertz CT molecular complexity index is 946. The topological polar surface area (TPSA) is 33.5 Å². The van der Waals surface area contributed by atoms with E-state index in [1.54, 1.807) is 6.26 Å². The molecule has 4 heteroatoms. The van der Waals surface area contributed by atoms with Gasteiger partial charge in [-0.25, -0.2) is 0 Å². The normalized spacial score (nSPS) is 14.3. The molecular formula is C21H20BrNO2. The van der Waals surface area contributed by atoms with Crippen LogP contribution in [0.4, 0.5) is 0 Å². The molecule has 2 aromatic carbocycles. The summed E-state index contributed by atoms with van der Waals surface area (Å²) in [6.07, 6.45) is 4.22. The van der Waals surface area contributed by atoms with Crippen molar-refractivity contribution in [3.05, 3.63) is 80.6 Å². The average Bonchev–Trinajstić information content (AvgIpc) is 3.42. The molecule has 25 heavy (non-hydrogen) atoms. The zero-order chi connectivity index (χ0) is 17.2. The zero-order valence-corrected chi connectivity index (χ0v) is 15.5. The highest BCUT2D eigenvalue weighted by Gasteiger charge is 2.25. The molecule has 0 aliphatic heterocycles. The molecule has 0 saturated heterocycles. The summed E-state index contributed by atoms with van der Waals surface area (Å²) < 4.78 is 6.77. The van der Waals surface area contributed by atoms with Crippen LogP contribution in [-0.2, 0) is 13.1 Å². The third-order valence-electron chi connectivity index (χ3n) is 4.65. The number of nitrogens with zero attached hydrogens (tertiary/aromatic N) is 1. The Morgan fingerprint density at radius 3 is 2.72 bits per heavy atom. The summed E-state index contributed by atoms with van der Waals surface area (Å²) in [6, 6.07) is 15.8. The molecule has 128 valence electrons. The first-order valence-electron chi connectivity index (χ1n) is 8.65. The zero-order valence-electron chi connectivity index (χ0n) is 14.0. The molecule has 0 N–H and O–H groups in total. The van der Waals surface area contributed by atoms with E-state index in [4.69, 9.17) is 4.42 Å². The highest BCUT2D eigenvalue weighted by Crippen LogP contribution is 2.30. The van der Waals surface area contributed by atoms with Crippen LogP contribution in [0.2, 0.25) is 0 Å². The number of halogens is 1. The molecule has 1 heterocycles. The smallest absolute Gasteiger partial charge is 0.197 e. The Balaban J connectivity index is 1.60. The highest BCUT2D eigenvalue weighted by atomic mass is 79.9. The summed E-state index contributed by atoms with van der Waals surface area (Å²) in [6.45, 7) is 2.48. The maximum Gasteiger partial charge on any atom is 0.197 e. The van der Waals surface area contributed by atoms with Gasteiger partial charge in [-0.2, -0.15) is 0 Å². The maximum atomic E-state index is 12.8. The van der Waals surface area contributed by atoms with E-state index in [0.29, 0.717) is 17.5 Å². The van der Waals surface area contributed by atoms with Crippen LogP contribution in [0.3, 0.4) is 0 Å². The predicted molar refractivity (Wildman–Crippen MR) is 103 cm³/mol. The largest absolute Gasteiger partial charge is 0.464 e. The monoisotopic (exact) mass is 397 g/mol. The van der Waals surface area contributed by atoms with Gasteiger partial charge in [0.25, 0.3) is 0 Å². The number of hydrogen-bond acceptors (Lipinski definition) is 3. The maximum absolute atomic E-state index is 12.8. The third kappa shape index (κ3) is 4.02. The Morgan fingerprint density at radius 1 is 1.08 bits per heavy atom. The second-order valence-electron chi connectivity index (χ2n) is 6.83. The molecule has 0 unspecified atom stereocenters. The van der Waals surface area contributed by atoms with Gasteiger partial charge in [-0.1, -0.05) is 40.2 Å². The van der Waals surface area contributed by atoms with Gasteiger partial charge in [0.2, 0.25) is 0 Å². The lowest BCUT2D eigenvalue weighted by Gasteiger charge is -2.22. The molecule has 0 amide bonds. The van der Waals surface area contributed by atoms with Crippen molar-refractivity contribution in [1.82, 2.24) is 4.90 Å². The van der Waals surface area contributed by atoms with Crippen LogP contribution < -0.4 is 5.43 Å². The standard InChI is InChI=1S/C21H20BrNO2/c22-18-5-3-4-16(10-18)12-23(11-15-8-9-15)13-17-14-25-20-7-2-1-6-19(20)21(17)24/h1-7,10,14-15H,8-9,11-13H2. The Morgan fingerprint density at radius 2 is 1.92 bits per heavy atom. The van der Waals surface area contributed by atoms with E-state index in [1.807, 2.05) is 30.3 Å². The van der Waals surface area contributed by atoms with Gasteiger partial charge in [0.15, 0.2) is 5.43 Å². The van der Waals surface area contributed by atoms with Crippen molar-refractivity contribution in [3.63, 3.8) is 0 Å². The minimum Gasteiger partial charge on any atom is -0.464 e. The van der Waals surface area contributed by atoms with Gasteiger partial charge < -0.3 is 4.42 Å². The number of hydrogen-bond donors (Lipinski definition) is 0. The van der Waals surface area contributed by atoms with Gasteiger partial charge in [0.1, 0.15) is 5.58 Å². The van der Waals surface area contributed by atoms with Crippen molar-refractivity contribution < 1.29 is 4.42 Å². The first-order chi connectivity index (χ1) is 12.2. The molecule has 0 spiro atoms. The predicted octanol–water partition coefficient (Wildman–Crippen LogP) is 4.97. The third-order valence-corrected chi connectivity index (χ3v) is 5.15. The molecule has 0 radical (unpaired) electrons.